The largest absolute Gasteiger partial charge is 0.469 e. The number of methoxy groups -OCH3 is 1. The maximum Gasteiger partial charge on any atom is 0.305 e. The molecule has 0 heterocycles. The van der Waals surface area contributed by atoms with Gasteiger partial charge >= 0.3 is 5.97 Å². The first-order valence-corrected chi connectivity index (χ1v) is 7.75. The van der Waals surface area contributed by atoms with E-state index in [9.17, 15) is 9.36 Å². The van der Waals surface area contributed by atoms with Crippen molar-refractivity contribution in [3.8, 4) is 0 Å². The molecule has 0 amide bonds. The van der Waals surface area contributed by atoms with Crippen molar-refractivity contribution in [3.05, 3.63) is 29.8 Å². The molecule has 0 radical (unpaired) electrons. The zero-order valence-corrected chi connectivity index (χ0v) is 10.8. The number of ether oxygens (including phenoxy) is 1. The van der Waals surface area contributed by atoms with Crippen molar-refractivity contribution < 1.29 is 14.1 Å². The molecule has 0 unspecified atom stereocenters. The summed E-state index contributed by atoms with van der Waals surface area (Å²) in [7, 11) is -0.789. The Morgan fingerprint density at radius 2 is 1.81 bits per heavy atom. The van der Waals surface area contributed by atoms with Gasteiger partial charge < -0.3 is 9.30 Å². The lowest BCUT2D eigenvalue weighted by Gasteiger charge is -2.07. The molecule has 0 saturated heterocycles. The Kier molecular flexibility index (Phi) is 4.31. The Balaban J connectivity index is 2.65. The highest BCUT2D eigenvalue weighted by Crippen LogP contribution is 2.34. The standard InChI is InChI=1S/C12H17O3P/c1-15-12(13)9-6-10-4-7-11(8-5-10)16(2,3)14/h4-5,7-8H,6,9H2,1-3H3. The Hall–Kier alpha value is -1.08. The zero-order valence-electron chi connectivity index (χ0n) is 9.90. The van der Waals surface area contributed by atoms with Crippen LogP contribution in [-0.2, 0) is 20.5 Å². The van der Waals surface area contributed by atoms with E-state index in [1.807, 2.05) is 24.3 Å². The smallest absolute Gasteiger partial charge is 0.305 e. The van der Waals surface area contributed by atoms with Gasteiger partial charge in [-0.1, -0.05) is 24.3 Å². The molecule has 0 aromatic heterocycles. The number of esters is 1. The van der Waals surface area contributed by atoms with E-state index in [2.05, 4.69) is 4.74 Å². The SMILES string of the molecule is COC(=O)CCc1ccc(P(C)(C)=O)cc1. The van der Waals surface area contributed by atoms with Gasteiger partial charge in [0.05, 0.1) is 7.11 Å². The zero-order chi connectivity index (χ0) is 12.2. The number of rotatable bonds is 4. The molecule has 0 aliphatic rings. The lowest BCUT2D eigenvalue weighted by molar-refractivity contribution is -0.140. The third-order valence-corrected chi connectivity index (χ3v) is 3.95. The van der Waals surface area contributed by atoms with Crippen LogP contribution in [-0.4, -0.2) is 26.4 Å². The second-order valence-corrected chi connectivity index (χ2v) is 7.31. The van der Waals surface area contributed by atoms with E-state index in [-0.39, 0.29) is 5.97 Å². The molecule has 0 aliphatic carbocycles. The van der Waals surface area contributed by atoms with E-state index in [0.717, 1.165) is 10.9 Å². The normalized spacial score (nSPS) is 11.2. The summed E-state index contributed by atoms with van der Waals surface area (Å²) in [5.74, 6) is -0.208. The topological polar surface area (TPSA) is 43.4 Å². The van der Waals surface area contributed by atoms with Gasteiger partial charge in [-0.2, -0.15) is 0 Å². The summed E-state index contributed by atoms with van der Waals surface area (Å²) < 4.78 is 16.3. The third-order valence-electron chi connectivity index (χ3n) is 2.40. The fourth-order valence-electron chi connectivity index (χ4n) is 1.37. The molecule has 0 atom stereocenters. The summed E-state index contributed by atoms with van der Waals surface area (Å²) >= 11 is 0. The van der Waals surface area contributed by atoms with Gasteiger partial charge in [-0.05, 0) is 25.3 Å². The minimum absolute atomic E-state index is 0.208. The van der Waals surface area contributed by atoms with Gasteiger partial charge in [-0.15, -0.1) is 0 Å². The highest BCUT2D eigenvalue weighted by Gasteiger charge is 2.10. The van der Waals surface area contributed by atoms with Gasteiger partial charge in [0, 0.05) is 11.7 Å². The van der Waals surface area contributed by atoms with Crippen LogP contribution in [0.2, 0.25) is 0 Å². The summed E-state index contributed by atoms with van der Waals surface area (Å²) in [6, 6.07) is 7.57. The highest BCUT2D eigenvalue weighted by atomic mass is 31.2. The molecule has 1 aromatic carbocycles. The van der Waals surface area contributed by atoms with E-state index in [1.165, 1.54) is 7.11 Å². The molecule has 1 aromatic rings. The molecule has 16 heavy (non-hydrogen) atoms. The van der Waals surface area contributed by atoms with Gasteiger partial charge in [-0.3, -0.25) is 4.79 Å². The van der Waals surface area contributed by atoms with E-state index in [4.69, 9.17) is 0 Å². The Morgan fingerprint density at radius 1 is 1.25 bits per heavy atom. The van der Waals surface area contributed by atoms with Crippen molar-refractivity contribution in [3.63, 3.8) is 0 Å². The monoisotopic (exact) mass is 240 g/mol. The first-order valence-electron chi connectivity index (χ1n) is 5.15. The van der Waals surface area contributed by atoms with Crippen LogP contribution < -0.4 is 5.30 Å². The molecule has 0 saturated carbocycles. The lowest BCUT2D eigenvalue weighted by atomic mass is 10.1. The molecule has 0 aliphatic heterocycles. The molecular formula is C12H17O3P. The number of aryl methyl sites for hydroxylation is 1. The van der Waals surface area contributed by atoms with Crippen molar-refractivity contribution in [2.75, 3.05) is 20.4 Å². The van der Waals surface area contributed by atoms with Gasteiger partial charge in [0.25, 0.3) is 0 Å². The van der Waals surface area contributed by atoms with E-state index >= 15 is 0 Å². The van der Waals surface area contributed by atoms with Gasteiger partial charge in [0.2, 0.25) is 0 Å². The van der Waals surface area contributed by atoms with Crippen LogP contribution in [0.1, 0.15) is 12.0 Å². The average molecular weight is 240 g/mol. The quantitative estimate of drug-likeness (QED) is 0.597. The van der Waals surface area contributed by atoms with Gasteiger partial charge in [0.1, 0.15) is 7.14 Å². The highest BCUT2D eigenvalue weighted by molar-refractivity contribution is 7.70. The van der Waals surface area contributed by atoms with Crippen molar-refractivity contribution in [1.82, 2.24) is 0 Å². The van der Waals surface area contributed by atoms with E-state index in [1.54, 1.807) is 13.3 Å². The van der Waals surface area contributed by atoms with Crippen molar-refractivity contribution in [2.24, 2.45) is 0 Å². The van der Waals surface area contributed by atoms with Gasteiger partial charge in [0.15, 0.2) is 0 Å². The first-order chi connectivity index (χ1) is 7.43. The first kappa shape index (κ1) is 13.0. The second-order valence-electron chi connectivity index (χ2n) is 4.09. The molecular weight excluding hydrogens is 223 g/mol. The van der Waals surface area contributed by atoms with Crippen LogP contribution in [0.25, 0.3) is 0 Å². The van der Waals surface area contributed by atoms with Crippen LogP contribution in [0.3, 0.4) is 0 Å². The second kappa shape index (κ2) is 5.31. The molecule has 0 fully saturated rings. The van der Waals surface area contributed by atoms with Crippen molar-refractivity contribution in [2.45, 2.75) is 12.8 Å². The lowest BCUT2D eigenvalue weighted by Crippen LogP contribution is -2.04. The summed E-state index contributed by atoms with van der Waals surface area (Å²) in [4.78, 5) is 10.9. The molecule has 1 rings (SSSR count). The number of benzene rings is 1. The number of hydrogen-bond acceptors (Lipinski definition) is 3. The van der Waals surface area contributed by atoms with Crippen LogP contribution in [0.4, 0.5) is 0 Å². The van der Waals surface area contributed by atoms with Crippen LogP contribution >= 0.6 is 7.14 Å². The fourth-order valence-corrected chi connectivity index (χ4v) is 2.24. The maximum absolute atomic E-state index is 11.8. The minimum atomic E-state index is -2.17. The third kappa shape index (κ3) is 3.82. The van der Waals surface area contributed by atoms with Gasteiger partial charge in [-0.25, -0.2) is 0 Å². The van der Waals surface area contributed by atoms with Crippen LogP contribution in [0.15, 0.2) is 24.3 Å². The summed E-state index contributed by atoms with van der Waals surface area (Å²) in [6.45, 7) is 3.49. The predicted molar refractivity (Wildman–Crippen MR) is 65.9 cm³/mol. The van der Waals surface area contributed by atoms with Crippen LogP contribution in [0.5, 0.6) is 0 Å². The summed E-state index contributed by atoms with van der Waals surface area (Å²) in [5, 5.41) is 0.870. The molecule has 88 valence electrons. The summed E-state index contributed by atoms with van der Waals surface area (Å²) in [5.41, 5.74) is 1.06. The van der Waals surface area contributed by atoms with E-state index in [0.29, 0.717) is 12.8 Å². The van der Waals surface area contributed by atoms with Crippen LogP contribution in [0, 0.1) is 0 Å². The van der Waals surface area contributed by atoms with Crippen molar-refractivity contribution >= 4 is 18.4 Å². The number of carbonyl (C=O) groups is 1. The minimum Gasteiger partial charge on any atom is -0.469 e. The molecule has 0 bridgehead atoms. The Labute approximate surface area is 96.2 Å². The fraction of sp³-hybridized carbons (Fsp3) is 0.417. The number of hydrogen-bond donors (Lipinski definition) is 0. The summed E-state index contributed by atoms with van der Waals surface area (Å²) in [6.07, 6.45) is 1.04. The average Bonchev–Trinajstić information content (AvgIpc) is 2.25. The van der Waals surface area contributed by atoms with E-state index < -0.39 is 7.14 Å². The molecule has 0 N–H and O–H groups in total. The Morgan fingerprint density at radius 3 is 2.25 bits per heavy atom. The molecule has 4 heteroatoms. The van der Waals surface area contributed by atoms with Crippen molar-refractivity contribution in [1.29, 1.82) is 0 Å². The molecule has 3 nitrogen and oxygen atoms in total. The maximum atomic E-state index is 11.8. The predicted octanol–water partition coefficient (Wildman–Crippen LogP) is 2.04. The molecule has 0 spiro atoms. The number of carbonyl (C=O) groups excluding carboxylic acids is 1. The Bertz CT molecular complexity index is 403.